The van der Waals surface area contributed by atoms with E-state index in [9.17, 15) is 0 Å². The van der Waals surface area contributed by atoms with Crippen LogP contribution in [-0.4, -0.2) is 13.8 Å². The highest BCUT2D eigenvalue weighted by molar-refractivity contribution is 6.90. The Morgan fingerprint density at radius 1 is 0.793 bits per heavy atom. The molecule has 0 amide bonds. The van der Waals surface area contributed by atoms with Gasteiger partial charge >= 0.3 is 0 Å². The molecule has 0 heterocycles. The van der Waals surface area contributed by atoms with Crippen LogP contribution >= 0.6 is 0 Å². The summed E-state index contributed by atoms with van der Waals surface area (Å²) in [5.41, 5.74) is 7.44. The molecule has 0 aromatic heterocycles. The van der Waals surface area contributed by atoms with Gasteiger partial charge in [0.15, 0.2) is 8.24 Å². The molecule has 1 aliphatic carbocycles. The largest absolute Gasteiger partial charge is 0.329 e. The number of benzene rings is 3. The van der Waals surface area contributed by atoms with Crippen LogP contribution in [0.3, 0.4) is 0 Å². The van der Waals surface area contributed by atoms with Gasteiger partial charge in [-0.3, -0.25) is 0 Å². The van der Waals surface area contributed by atoms with Crippen molar-refractivity contribution in [3.63, 3.8) is 0 Å². The zero-order chi connectivity index (χ0) is 20.6. The molecule has 4 rings (SSSR count). The molecule has 2 unspecified atom stereocenters. The summed E-state index contributed by atoms with van der Waals surface area (Å²) >= 11 is 0. The molecule has 2 atom stereocenters. The topological polar surface area (TPSA) is 12.0 Å². The van der Waals surface area contributed by atoms with E-state index >= 15 is 0 Å². The maximum atomic E-state index is 4.12. The van der Waals surface area contributed by atoms with Gasteiger partial charge in [-0.05, 0) is 55.1 Å². The van der Waals surface area contributed by atoms with Crippen molar-refractivity contribution in [2.24, 2.45) is 0 Å². The minimum absolute atomic E-state index is 0.0525. The molecule has 1 aliphatic rings. The SMILES string of the molecule is CC1=Cc2c(-c3ccccc3)cccc2C1[Si](C)(NC(C)(C)C)c1ccccc1. The summed E-state index contributed by atoms with van der Waals surface area (Å²) in [5.74, 6) is 0. The molecule has 3 aromatic rings. The van der Waals surface area contributed by atoms with Crippen LogP contribution in [0.5, 0.6) is 0 Å². The Kier molecular flexibility index (Phi) is 5.10. The molecule has 1 N–H and O–H groups in total. The molecule has 29 heavy (non-hydrogen) atoms. The van der Waals surface area contributed by atoms with Gasteiger partial charge in [-0.1, -0.05) is 97.1 Å². The molecule has 148 valence electrons. The lowest BCUT2D eigenvalue weighted by atomic mass is 9.97. The van der Waals surface area contributed by atoms with Gasteiger partial charge in [-0.2, -0.15) is 0 Å². The Morgan fingerprint density at radius 3 is 2.03 bits per heavy atom. The fraction of sp³-hybridized carbons (Fsp3) is 0.259. The molecule has 1 nitrogen and oxygen atoms in total. The average molecular weight is 398 g/mol. The average Bonchev–Trinajstić information content (AvgIpc) is 3.04. The summed E-state index contributed by atoms with van der Waals surface area (Å²) in [6.45, 7) is 11.7. The van der Waals surface area contributed by atoms with E-state index in [0.29, 0.717) is 5.54 Å². The van der Waals surface area contributed by atoms with Gasteiger partial charge in [-0.25, -0.2) is 0 Å². The first kappa shape index (κ1) is 19.9. The second kappa shape index (κ2) is 7.44. The highest BCUT2D eigenvalue weighted by Gasteiger charge is 2.45. The van der Waals surface area contributed by atoms with Crippen molar-refractivity contribution < 1.29 is 0 Å². The first-order valence-corrected chi connectivity index (χ1v) is 13.1. The number of nitrogens with one attached hydrogen (secondary N) is 1. The smallest absolute Gasteiger partial charge is 0.166 e. The van der Waals surface area contributed by atoms with Gasteiger partial charge in [0.25, 0.3) is 0 Å². The summed E-state index contributed by atoms with van der Waals surface area (Å²) in [5, 5.41) is 1.46. The Hall–Kier alpha value is -2.42. The van der Waals surface area contributed by atoms with Crippen molar-refractivity contribution in [3.05, 3.63) is 95.6 Å². The van der Waals surface area contributed by atoms with Crippen LogP contribution in [0.25, 0.3) is 17.2 Å². The van der Waals surface area contributed by atoms with Gasteiger partial charge in [-0.15, -0.1) is 0 Å². The van der Waals surface area contributed by atoms with Crippen LogP contribution < -0.4 is 10.2 Å². The Morgan fingerprint density at radius 2 is 1.41 bits per heavy atom. The minimum atomic E-state index is -2.08. The first-order valence-electron chi connectivity index (χ1n) is 10.5. The van der Waals surface area contributed by atoms with Gasteiger partial charge in [0.1, 0.15) is 0 Å². The van der Waals surface area contributed by atoms with Gasteiger partial charge in [0, 0.05) is 11.1 Å². The zero-order valence-electron chi connectivity index (χ0n) is 18.2. The van der Waals surface area contributed by atoms with E-state index in [-0.39, 0.29) is 5.54 Å². The van der Waals surface area contributed by atoms with E-state index in [4.69, 9.17) is 0 Å². The van der Waals surface area contributed by atoms with E-state index in [2.05, 4.69) is 124 Å². The van der Waals surface area contributed by atoms with Crippen LogP contribution in [0.2, 0.25) is 6.55 Å². The summed E-state index contributed by atoms with van der Waals surface area (Å²) in [6, 6.07) is 28.7. The normalized spacial score (nSPS) is 18.1. The second-order valence-corrected chi connectivity index (χ2v) is 13.2. The lowest BCUT2D eigenvalue weighted by Gasteiger charge is -2.42. The molecular formula is C27H31NSi. The molecule has 0 fully saturated rings. The Bertz CT molecular complexity index is 1030. The predicted molar refractivity (Wildman–Crippen MR) is 129 cm³/mol. The third kappa shape index (κ3) is 3.75. The third-order valence-corrected chi connectivity index (χ3v) is 10.7. The molecule has 0 radical (unpaired) electrons. The maximum absolute atomic E-state index is 4.12. The maximum Gasteiger partial charge on any atom is 0.166 e. The van der Waals surface area contributed by atoms with Crippen LogP contribution in [0.4, 0.5) is 0 Å². The third-order valence-electron chi connectivity index (χ3n) is 5.95. The monoisotopic (exact) mass is 397 g/mol. The number of allylic oxidation sites excluding steroid dienone is 1. The first-order chi connectivity index (χ1) is 13.8. The molecular weight excluding hydrogens is 366 g/mol. The fourth-order valence-electron chi connectivity index (χ4n) is 5.06. The number of hydrogen-bond acceptors (Lipinski definition) is 1. The van der Waals surface area contributed by atoms with E-state index < -0.39 is 8.24 Å². The number of fused-ring (bicyclic) bond motifs is 1. The van der Waals surface area contributed by atoms with Crippen molar-refractivity contribution in [2.45, 2.75) is 45.3 Å². The lowest BCUT2D eigenvalue weighted by molar-refractivity contribution is 0.510. The number of rotatable bonds is 4. The summed E-state index contributed by atoms with van der Waals surface area (Å²) in [7, 11) is -2.08. The standard InChI is InChI=1S/C27H31NSi/c1-20-19-25-23(21-13-8-6-9-14-21)17-12-18-24(25)26(20)29(5,28-27(2,3)4)22-15-10-7-11-16-22/h6-19,26,28H,1-5H3. The second-order valence-electron chi connectivity index (χ2n) is 9.44. The lowest BCUT2D eigenvalue weighted by Crippen LogP contribution is -2.67. The van der Waals surface area contributed by atoms with Crippen molar-refractivity contribution in [1.82, 2.24) is 4.98 Å². The highest BCUT2D eigenvalue weighted by atomic mass is 28.3. The molecule has 0 saturated carbocycles. The Balaban J connectivity index is 1.89. The number of hydrogen-bond donors (Lipinski definition) is 1. The van der Waals surface area contributed by atoms with Crippen molar-refractivity contribution in [2.75, 3.05) is 0 Å². The van der Waals surface area contributed by atoms with Crippen LogP contribution in [-0.2, 0) is 0 Å². The zero-order valence-corrected chi connectivity index (χ0v) is 19.2. The van der Waals surface area contributed by atoms with Crippen molar-refractivity contribution >= 4 is 19.5 Å². The van der Waals surface area contributed by atoms with Gasteiger partial charge < -0.3 is 4.98 Å². The molecule has 0 saturated heterocycles. The summed E-state index contributed by atoms with van der Waals surface area (Å²) < 4.78 is 0. The van der Waals surface area contributed by atoms with Crippen molar-refractivity contribution in [1.29, 1.82) is 0 Å². The van der Waals surface area contributed by atoms with Crippen LogP contribution in [0.1, 0.15) is 44.4 Å². The van der Waals surface area contributed by atoms with Gasteiger partial charge in [0.2, 0.25) is 0 Å². The molecule has 0 aliphatic heterocycles. The molecule has 0 bridgehead atoms. The van der Waals surface area contributed by atoms with E-state index in [1.807, 2.05) is 0 Å². The van der Waals surface area contributed by atoms with E-state index in [0.717, 1.165) is 0 Å². The molecule has 3 aromatic carbocycles. The molecule has 0 spiro atoms. The van der Waals surface area contributed by atoms with Gasteiger partial charge in [0.05, 0.1) is 0 Å². The summed E-state index contributed by atoms with van der Waals surface area (Å²) in [4.78, 5) is 4.12. The van der Waals surface area contributed by atoms with E-state index in [1.165, 1.54) is 33.0 Å². The van der Waals surface area contributed by atoms with Crippen molar-refractivity contribution in [3.8, 4) is 11.1 Å². The van der Waals surface area contributed by atoms with E-state index in [1.54, 1.807) is 0 Å². The molecule has 2 heteroatoms. The Labute approximate surface area is 176 Å². The summed E-state index contributed by atoms with van der Waals surface area (Å²) in [6.07, 6.45) is 2.43. The quantitative estimate of drug-likeness (QED) is 0.512. The predicted octanol–water partition coefficient (Wildman–Crippen LogP) is 6.26. The fourth-order valence-corrected chi connectivity index (χ4v) is 10.00. The highest BCUT2D eigenvalue weighted by Crippen LogP contribution is 2.45. The minimum Gasteiger partial charge on any atom is -0.329 e. The van der Waals surface area contributed by atoms with Crippen LogP contribution in [0.15, 0.2) is 84.4 Å². The van der Waals surface area contributed by atoms with Crippen LogP contribution in [0, 0.1) is 0 Å².